The molecule has 0 spiro atoms. The van der Waals surface area contributed by atoms with Crippen molar-refractivity contribution in [2.75, 3.05) is 0 Å². The molecule has 3 heterocycles. The molecule has 0 aromatic carbocycles. The number of aromatic nitrogens is 4. The molecule has 116 valence electrons. The van der Waals surface area contributed by atoms with Gasteiger partial charge < -0.3 is 9.73 Å². The molecule has 0 aliphatic heterocycles. The fraction of sp³-hybridized carbons (Fsp3) is 0.375. The zero-order chi connectivity index (χ0) is 15.5. The summed E-state index contributed by atoms with van der Waals surface area (Å²) < 4.78 is 7.63. The minimum Gasteiger partial charge on any atom is -0.460 e. The lowest BCUT2D eigenvalue weighted by atomic mass is 10.1. The monoisotopic (exact) mass is 299 g/mol. The van der Waals surface area contributed by atoms with E-state index in [1.54, 1.807) is 6.20 Å². The fourth-order valence-corrected chi connectivity index (χ4v) is 2.42. The molecular formula is C16H21N5O. The van der Waals surface area contributed by atoms with E-state index in [0.29, 0.717) is 0 Å². The molecule has 2 N–H and O–H groups in total. The highest BCUT2D eigenvalue weighted by atomic mass is 16.3. The quantitative estimate of drug-likeness (QED) is 0.734. The fourth-order valence-electron chi connectivity index (χ4n) is 2.42. The van der Waals surface area contributed by atoms with E-state index in [9.17, 15) is 0 Å². The van der Waals surface area contributed by atoms with Crippen LogP contribution in [0, 0.1) is 6.92 Å². The van der Waals surface area contributed by atoms with Crippen LogP contribution in [-0.2, 0) is 6.54 Å². The van der Waals surface area contributed by atoms with Crippen molar-refractivity contribution in [1.29, 1.82) is 0 Å². The topological polar surface area (TPSA) is 71.7 Å². The molecule has 3 aromatic heterocycles. The van der Waals surface area contributed by atoms with Crippen molar-refractivity contribution in [1.82, 2.24) is 25.3 Å². The van der Waals surface area contributed by atoms with E-state index >= 15 is 0 Å². The number of nitrogens with zero attached hydrogens (tertiary/aromatic N) is 3. The Morgan fingerprint density at radius 2 is 2.23 bits per heavy atom. The van der Waals surface area contributed by atoms with Gasteiger partial charge in [0.2, 0.25) is 0 Å². The van der Waals surface area contributed by atoms with Crippen LogP contribution in [0.25, 0.3) is 11.5 Å². The number of hydrogen-bond donors (Lipinski definition) is 2. The second kappa shape index (κ2) is 6.19. The minimum absolute atomic E-state index is 0.274. The lowest BCUT2D eigenvalue weighted by Crippen LogP contribution is -2.33. The summed E-state index contributed by atoms with van der Waals surface area (Å²) in [7, 11) is 0. The van der Waals surface area contributed by atoms with Gasteiger partial charge >= 0.3 is 0 Å². The van der Waals surface area contributed by atoms with E-state index in [-0.39, 0.29) is 12.1 Å². The summed E-state index contributed by atoms with van der Waals surface area (Å²) in [5.41, 5.74) is 2.02. The summed E-state index contributed by atoms with van der Waals surface area (Å²) in [5.74, 6) is 1.71. The van der Waals surface area contributed by atoms with E-state index in [1.165, 1.54) is 0 Å². The Labute approximate surface area is 129 Å². The number of aromatic amines is 1. The number of aryl methyl sites for hydroxylation is 1. The van der Waals surface area contributed by atoms with Crippen molar-refractivity contribution in [3.63, 3.8) is 0 Å². The van der Waals surface area contributed by atoms with Crippen LogP contribution in [0.1, 0.15) is 31.2 Å². The van der Waals surface area contributed by atoms with Crippen LogP contribution in [0.3, 0.4) is 0 Å². The van der Waals surface area contributed by atoms with E-state index in [0.717, 1.165) is 29.3 Å². The Morgan fingerprint density at radius 1 is 1.36 bits per heavy atom. The molecule has 0 saturated carbocycles. The van der Waals surface area contributed by atoms with E-state index in [1.807, 2.05) is 42.2 Å². The molecule has 0 unspecified atom stereocenters. The lowest BCUT2D eigenvalue weighted by Gasteiger charge is -2.21. The molecule has 0 bridgehead atoms. The molecule has 0 aliphatic carbocycles. The molecular weight excluding hydrogens is 278 g/mol. The highest BCUT2D eigenvalue weighted by Crippen LogP contribution is 2.23. The number of rotatable bonds is 6. The van der Waals surface area contributed by atoms with Crippen LogP contribution in [0.5, 0.6) is 0 Å². The van der Waals surface area contributed by atoms with Crippen LogP contribution in [-0.4, -0.2) is 26.0 Å². The Balaban J connectivity index is 1.66. The van der Waals surface area contributed by atoms with Gasteiger partial charge in [-0.1, -0.05) is 0 Å². The molecule has 22 heavy (non-hydrogen) atoms. The number of H-pyrrole nitrogens is 1. The van der Waals surface area contributed by atoms with Crippen molar-refractivity contribution in [3.8, 4) is 11.5 Å². The lowest BCUT2D eigenvalue weighted by molar-refractivity contribution is 0.365. The van der Waals surface area contributed by atoms with Gasteiger partial charge in [0.15, 0.2) is 5.76 Å². The van der Waals surface area contributed by atoms with Crippen LogP contribution in [0.2, 0.25) is 0 Å². The van der Waals surface area contributed by atoms with Crippen molar-refractivity contribution in [3.05, 3.63) is 48.1 Å². The van der Waals surface area contributed by atoms with E-state index in [4.69, 9.17) is 4.42 Å². The Hall–Kier alpha value is -2.34. The van der Waals surface area contributed by atoms with Crippen LogP contribution >= 0.6 is 0 Å². The first-order chi connectivity index (χ1) is 10.6. The Morgan fingerprint density at radius 3 is 2.91 bits per heavy atom. The van der Waals surface area contributed by atoms with Crippen molar-refractivity contribution < 1.29 is 4.42 Å². The molecule has 0 aliphatic rings. The highest BCUT2D eigenvalue weighted by molar-refractivity contribution is 5.56. The average Bonchev–Trinajstić information content (AvgIpc) is 3.24. The second-order valence-electron chi connectivity index (χ2n) is 5.58. The Bertz CT molecular complexity index is 713. The number of hydrogen-bond acceptors (Lipinski definition) is 4. The standard InChI is InChI=1S/C16H21N5O/c1-11-5-6-15(22-11)16-14(10-18-20-16)9-17-12(2)13(3)21-8-4-7-19-21/h4-8,10,12-13,17H,9H2,1-3H3,(H,18,20)/t12-,13+/m1/s1. The third-order valence-electron chi connectivity index (χ3n) is 3.98. The SMILES string of the molecule is Cc1ccc(-c2[nH]ncc2CN[C@H](C)[C@H](C)n2cccn2)o1. The second-order valence-corrected chi connectivity index (χ2v) is 5.58. The molecule has 3 rings (SSSR count). The van der Waals surface area contributed by atoms with E-state index < -0.39 is 0 Å². The van der Waals surface area contributed by atoms with Gasteiger partial charge in [-0.25, -0.2) is 0 Å². The maximum absolute atomic E-state index is 5.67. The molecule has 0 fully saturated rings. The summed E-state index contributed by atoms with van der Waals surface area (Å²) in [6, 6.07) is 6.41. The van der Waals surface area contributed by atoms with E-state index in [2.05, 4.69) is 34.5 Å². The summed E-state index contributed by atoms with van der Waals surface area (Å²) in [6.07, 6.45) is 5.62. The highest BCUT2D eigenvalue weighted by Gasteiger charge is 2.16. The summed E-state index contributed by atoms with van der Waals surface area (Å²) in [5, 5.41) is 15.0. The van der Waals surface area contributed by atoms with Gasteiger partial charge in [0.25, 0.3) is 0 Å². The predicted octanol–water partition coefficient (Wildman–Crippen LogP) is 2.91. The van der Waals surface area contributed by atoms with Crippen LogP contribution in [0.4, 0.5) is 0 Å². The zero-order valence-corrected chi connectivity index (χ0v) is 13.1. The van der Waals surface area contributed by atoms with Crippen molar-refractivity contribution in [2.24, 2.45) is 0 Å². The van der Waals surface area contributed by atoms with Gasteiger partial charge in [0.1, 0.15) is 11.5 Å². The largest absolute Gasteiger partial charge is 0.460 e. The summed E-state index contributed by atoms with van der Waals surface area (Å²) >= 11 is 0. The molecule has 3 aromatic rings. The van der Waals surface area contributed by atoms with Crippen molar-refractivity contribution >= 4 is 0 Å². The molecule has 0 saturated heterocycles. The smallest absolute Gasteiger partial charge is 0.152 e. The number of furan rings is 1. The molecule has 2 atom stereocenters. The van der Waals surface area contributed by atoms with Gasteiger partial charge in [-0.3, -0.25) is 9.78 Å². The Kier molecular flexibility index (Phi) is 4.11. The van der Waals surface area contributed by atoms with Gasteiger partial charge in [-0.15, -0.1) is 0 Å². The maximum Gasteiger partial charge on any atom is 0.152 e. The van der Waals surface area contributed by atoms with Gasteiger partial charge in [-0.05, 0) is 39.0 Å². The van der Waals surface area contributed by atoms with Crippen LogP contribution in [0.15, 0.2) is 41.2 Å². The number of nitrogens with one attached hydrogen (secondary N) is 2. The molecule has 0 radical (unpaired) electrons. The first-order valence-electron chi connectivity index (χ1n) is 7.46. The normalized spacial score (nSPS) is 14.1. The minimum atomic E-state index is 0.274. The van der Waals surface area contributed by atoms with Gasteiger partial charge in [-0.2, -0.15) is 10.2 Å². The average molecular weight is 299 g/mol. The van der Waals surface area contributed by atoms with Crippen molar-refractivity contribution in [2.45, 2.75) is 39.4 Å². The first kappa shape index (κ1) is 14.6. The molecule has 6 heteroatoms. The third-order valence-corrected chi connectivity index (χ3v) is 3.98. The third kappa shape index (κ3) is 2.96. The predicted molar refractivity (Wildman–Crippen MR) is 84.3 cm³/mol. The maximum atomic E-state index is 5.67. The molecule has 0 amide bonds. The summed E-state index contributed by atoms with van der Waals surface area (Å²) in [4.78, 5) is 0. The molecule has 6 nitrogen and oxygen atoms in total. The van der Waals surface area contributed by atoms with Crippen LogP contribution < -0.4 is 5.32 Å². The van der Waals surface area contributed by atoms with Gasteiger partial charge in [0.05, 0.1) is 12.2 Å². The van der Waals surface area contributed by atoms with Gasteiger partial charge in [0, 0.05) is 30.5 Å². The summed E-state index contributed by atoms with van der Waals surface area (Å²) in [6.45, 7) is 6.96. The first-order valence-corrected chi connectivity index (χ1v) is 7.46. The zero-order valence-electron chi connectivity index (χ0n) is 13.1.